The summed E-state index contributed by atoms with van der Waals surface area (Å²) in [5.41, 5.74) is 3.68. The van der Waals surface area contributed by atoms with Crippen LogP contribution in [0.4, 0.5) is 0 Å². The SMILES string of the molecule is CC(C)[C@@H](C)C=C[C@@H](C)[C@H]1CCC2C3=CC=C4C[C@@](O)([GeH2][O][P](O)=S)CC[C@]4(C)C3CC[C@@]21C. The molecule has 0 bridgehead atoms. The first-order chi connectivity index (χ1) is 15.9. The van der Waals surface area contributed by atoms with Crippen molar-refractivity contribution in [3.05, 3.63) is 35.5 Å². The first-order valence-corrected chi connectivity index (χ1v) is 18.4. The maximum atomic E-state index is 11.2. The number of hydrogen-bond acceptors (Lipinski definition) is 3. The second-order valence-electron chi connectivity index (χ2n) is 12.9. The molecule has 4 rings (SSSR count). The number of rotatable bonds is 7. The van der Waals surface area contributed by atoms with Crippen LogP contribution >= 0.6 is 7.15 Å². The van der Waals surface area contributed by atoms with E-state index in [1.807, 2.05) is 0 Å². The van der Waals surface area contributed by atoms with Crippen molar-refractivity contribution in [1.29, 1.82) is 0 Å². The van der Waals surface area contributed by atoms with Gasteiger partial charge in [0.1, 0.15) is 0 Å². The number of aliphatic hydroxyl groups is 1. The third-order valence-corrected chi connectivity index (χ3v) is 17.2. The molecule has 0 spiro atoms. The van der Waals surface area contributed by atoms with Crippen LogP contribution < -0.4 is 0 Å². The molecule has 6 heteroatoms. The van der Waals surface area contributed by atoms with Crippen molar-refractivity contribution >= 4 is 34.7 Å². The molecule has 3 nitrogen and oxygen atoms in total. The molecule has 0 saturated heterocycles. The maximum absolute atomic E-state index is 11.2. The molecule has 0 aliphatic heterocycles. The Balaban J connectivity index is 1.54. The van der Waals surface area contributed by atoms with Crippen molar-refractivity contribution in [3.8, 4) is 0 Å². The van der Waals surface area contributed by atoms with E-state index < -0.39 is 27.4 Å². The van der Waals surface area contributed by atoms with Crippen LogP contribution in [0.3, 0.4) is 0 Å². The second kappa shape index (κ2) is 10.1. The number of hydrogen-bond donors (Lipinski definition) is 2. The van der Waals surface area contributed by atoms with Gasteiger partial charge < -0.3 is 0 Å². The van der Waals surface area contributed by atoms with Gasteiger partial charge in [0.2, 0.25) is 0 Å². The molecule has 9 atom stereocenters. The van der Waals surface area contributed by atoms with E-state index >= 15 is 0 Å². The van der Waals surface area contributed by atoms with Gasteiger partial charge in [0.25, 0.3) is 0 Å². The van der Waals surface area contributed by atoms with Crippen molar-refractivity contribution in [2.45, 2.75) is 90.9 Å². The van der Waals surface area contributed by atoms with Gasteiger partial charge in [-0.15, -0.1) is 0 Å². The Morgan fingerprint density at radius 1 is 1.06 bits per heavy atom. The molecule has 2 N–H and O–H groups in total. The van der Waals surface area contributed by atoms with Crippen LogP contribution in [0.15, 0.2) is 35.5 Å². The van der Waals surface area contributed by atoms with Crippen molar-refractivity contribution in [3.63, 3.8) is 0 Å². The molecular weight excluding hydrogens is 520 g/mol. The standard InChI is InChI=1S/C28H46GeO3PS/c1-18(2)19(3)7-8-20(4)23-11-12-24-22-10-9-21-17-28(30,29-32-33(31)34)16-15-26(21,5)25(22)13-14-27(23,24)6/h7-10,18-20,23-25,30H,11-17,29H2,1-6H3,(H,31,34)/t19-,20+,23+,24?,25?,26-,27+,28+/m0/s1. The summed E-state index contributed by atoms with van der Waals surface area (Å²) in [4.78, 5) is 9.46. The Hall–Kier alpha value is 0.163. The molecule has 0 aromatic rings. The van der Waals surface area contributed by atoms with E-state index in [2.05, 4.69) is 65.8 Å². The first-order valence-electron chi connectivity index (χ1n) is 13.5. The van der Waals surface area contributed by atoms with Crippen LogP contribution in [0.1, 0.15) is 86.5 Å². The predicted molar refractivity (Wildman–Crippen MR) is 149 cm³/mol. The average Bonchev–Trinajstić information content (AvgIpc) is 3.14. The van der Waals surface area contributed by atoms with Crippen molar-refractivity contribution in [2.75, 3.05) is 0 Å². The molecule has 0 aromatic carbocycles. The molecule has 1 radical (unpaired) electrons. The fourth-order valence-corrected chi connectivity index (χ4v) is 12.8. The van der Waals surface area contributed by atoms with E-state index in [0.717, 1.165) is 18.8 Å². The Labute approximate surface area is 220 Å². The summed E-state index contributed by atoms with van der Waals surface area (Å²) in [6.45, 7) is 14.5. The number of allylic oxidation sites excluding steroid dienone is 5. The van der Waals surface area contributed by atoms with Gasteiger partial charge in [-0.05, 0) is 11.8 Å². The molecule has 3 saturated carbocycles. The van der Waals surface area contributed by atoms with Crippen LogP contribution in [0.2, 0.25) is 0 Å². The van der Waals surface area contributed by atoms with E-state index in [9.17, 15) is 10.00 Å². The van der Waals surface area contributed by atoms with E-state index in [-0.39, 0.29) is 5.41 Å². The summed E-state index contributed by atoms with van der Waals surface area (Å²) in [5.74, 6) is 4.05. The first kappa shape index (κ1) is 27.2. The number of fused-ring (bicyclic) bond motifs is 5. The molecule has 191 valence electrons. The fourth-order valence-electron chi connectivity index (χ4n) is 7.97. The van der Waals surface area contributed by atoms with Gasteiger partial charge in [0, 0.05) is 0 Å². The molecule has 3 fully saturated rings. The zero-order valence-electron chi connectivity index (χ0n) is 22.1. The Morgan fingerprint density at radius 2 is 1.79 bits per heavy atom. The summed E-state index contributed by atoms with van der Waals surface area (Å²) >= 11 is 3.07. The Kier molecular flexibility index (Phi) is 8.11. The molecule has 0 aromatic heterocycles. The second-order valence-corrected chi connectivity index (χ2v) is 19.5. The van der Waals surface area contributed by atoms with Gasteiger partial charge in [-0.1, -0.05) is 20.8 Å². The van der Waals surface area contributed by atoms with Crippen LogP contribution in [0, 0.1) is 46.3 Å². The Morgan fingerprint density at radius 3 is 2.47 bits per heavy atom. The normalized spacial score (nSPS) is 42.3. The third kappa shape index (κ3) is 4.98. The molecular formula is C28H46GeO3PS. The van der Waals surface area contributed by atoms with Gasteiger partial charge in [-0.25, -0.2) is 0 Å². The molecule has 4 aliphatic carbocycles. The topological polar surface area (TPSA) is 49.7 Å². The molecule has 34 heavy (non-hydrogen) atoms. The zero-order chi connectivity index (χ0) is 24.9. The van der Waals surface area contributed by atoms with Crippen molar-refractivity contribution in [2.24, 2.45) is 46.3 Å². The third-order valence-electron chi connectivity index (χ3n) is 10.6. The van der Waals surface area contributed by atoms with Gasteiger partial charge in [0.15, 0.2) is 0 Å². The zero-order valence-corrected chi connectivity index (χ0v) is 26.8. The molecule has 0 heterocycles. The van der Waals surface area contributed by atoms with Crippen LogP contribution in [-0.4, -0.2) is 30.2 Å². The summed E-state index contributed by atoms with van der Waals surface area (Å²) in [6.07, 6.45) is 17.6. The minimum atomic E-state index is -1.77. The van der Waals surface area contributed by atoms with Gasteiger partial charge in [0.05, 0.1) is 0 Å². The minimum absolute atomic E-state index is 0.161. The van der Waals surface area contributed by atoms with Crippen molar-refractivity contribution < 1.29 is 13.6 Å². The summed E-state index contributed by atoms with van der Waals surface area (Å²) in [5, 5.41) is 11.2. The summed E-state index contributed by atoms with van der Waals surface area (Å²) in [6, 6.07) is 0. The van der Waals surface area contributed by atoms with E-state index in [1.54, 1.807) is 5.57 Å². The molecule has 4 aliphatic rings. The van der Waals surface area contributed by atoms with Crippen LogP contribution in [0.5, 0.6) is 0 Å². The molecule has 0 amide bonds. The molecule has 3 unspecified atom stereocenters. The van der Waals surface area contributed by atoms with Crippen LogP contribution in [-0.2, 0) is 15.4 Å². The summed E-state index contributed by atoms with van der Waals surface area (Å²) in [7, 11) is -1.76. The van der Waals surface area contributed by atoms with E-state index in [4.69, 9.17) is 15.4 Å². The van der Waals surface area contributed by atoms with Gasteiger partial charge in [-0.3, -0.25) is 0 Å². The van der Waals surface area contributed by atoms with Crippen molar-refractivity contribution in [1.82, 2.24) is 0 Å². The van der Waals surface area contributed by atoms with Crippen LogP contribution in [0.25, 0.3) is 0 Å². The fraction of sp³-hybridized carbons (Fsp3) is 0.786. The Bertz CT molecular complexity index is 900. The predicted octanol–water partition coefficient (Wildman–Crippen LogP) is 6.53. The monoisotopic (exact) mass is 567 g/mol. The quantitative estimate of drug-likeness (QED) is 0.209. The average molecular weight is 566 g/mol. The van der Waals surface area contributed by atoms with Gasteiger partial charge in [-0.2, -0.15) is 0 Å². The van der Waals surface area contributed by atoms with Gasteiger partial charge >= 0.3 is 188 Å². The summed E-state index contributed by atoms with van der Waals surface area (Å²) < 4.78 is 4.76. The van der Waals surface area contributed by atoms with E-state index in [1.165, 1.54) is 31.3 Å². The van der Waals surface area contributed by atoms with E-state index in [0.29, 0.717) is 41.4 Å².